The van der Waals surface area contributed by atoms with E-state index >= 15 is 0 Å². The third-order valence-electron chi connectivity index (χ3n) is 5.72. The predicted octanol–water partition coefficient (Wildman–Crippen LogP) is 5.05. The van der Waals surface area contributed by atoms with Crippen LogP contribution in [0.15, 0.2) is 71.6 Å². The van der Waals surface area contributed by atoms with Crippen molar-refractivity contribution in [1.29, 1.82) is 0 Å². The minimum Gasteiger partial charge on any atom is -0.508 e. The van der Waals surface area contributed by atoms with Crippen LogP contribution in [0.4, 0.5) is 10.1 Å². The molecular formula is C25H26ClFN2O4S. The van der Waals surface area contributed by atoms with Gasteiger partial charge in [0.25, 0.3) is 10.0 Å². The summed E-state index contributed by atoms with van der Waals surface area (Å²) in [4.78, 5) is 2.16. The number of hydrogen-bond acceptors (Lipinski definition) is 5. The van der Waals surface area contributed by atoms with Crippen molar-refractivity contribution in [2.45, 2.75) is 24.3 Å². The fourth-order valence-electron chi connectivity index (χ4n) is 3.89. The number of sulfonamides is 1. The zero-order valence-electron chi connectivity index (χ0n) is 18.5. The van der Waals surface area contributed by atoms with Gasteiger partial charge in [-0.05, 0) is 86.1 Å². The van der Waals surface area contributed by atoms with Gasteiger partial charge in [0.1, 0.15) is 28.8 Å². The van der Waals surface area contributed by atoms with Crippen LogP contribution in [-0.2, 0) is 16.6 Å². The van der Waals surface area contributed by atoms with E-state index in [1.165, 1.54) is 29.3 Å². The van der Waals surface area contributed by atoms with Crippen LogP contribution >= 0.6 is 11.6 Å². The lowest BCUT2D eigenvalue weighted by Crippen LogP contribution is -2.30. The molecule has 1 heterocycles. The lowest BCUT2D eigenvalue weighted by atomic mass is 10.2. The monoisotopic (exact) mass is 504 g/mol. The number of phenols is 1. The molecule has 180 valence electrons. The van der Waals surface area contributed by atoms with Crippen molar-refractivity contribution in [3.05, 3.63) is 83.1 Å². The molecule has 1 saturated heterocycles. The van der Waals surface area contributed by atoms with Gasteiger partial charge in [-0.2, -0.15) is 0 Å². The molecule has 1 aliphatic heterocycles. The molecule has 0 saturated carbocycles. The molecule has 9 heteroatoms. The van der Waals surface area contributed by atoms with Crippen LogP contribution in [0.2, 0.25) is 5.02 Å². The Labute approximate surface area is 204 Å². The molecule has 0 spiro atoms. The summed E-state index contributed by atoms with van der Waals surface area (Å²) in [7, 11) is -4.13. The van der Waals surface area contributed by atoms with Gasteiger partial charge < -0.3 is 9.84 Å². The van der Waals surface area contributed by atoms with E-state index in [2.05, 4.69) is 4.90 Å². The van der Waals surface area contributed by atoms with Gasteiger partial charge in [0.2, 0.25) is 0 Å². The molecule has 0 unspecified atom stereocenters. The van der Waals surface area contributed by atoms with Crippen molar-refractivity contribution in [2.75, 3.05) is 30.5 Å². The third kappa shape index (κ3) is 5.81. The Morgan fingerprint density at radius 1 is 1.00 bits per heavy atom. The van der Waals surface area contributed by atoms with E-state index in [0.717, 1.165) is 37.8 Å². The second-order valence-corrected chi connectivity index (χ2v) is 10.4. The largest absolute Gasteiger partial charge is 0.508 e. The quantitative estimate of drug-likeness (QED) is 0.441. The van der Waals surface area contributed by atoms with Gasteiger partial charge in [0.15, 0.2) is 0 Å². The molecule has 0 aromatic heterocycles. The number of nitrogens with zero attached hydrogens (tertiary/aromatic N) is 2. The topological polar surface area (TPSA) is 70.1 Å². The number of aromatic hydroxyl groups is 1. The number of halogens is 2. The number of phenolic OH excluding ortho intramolecular Hbond substituents is 1. The highest BCUT2D eigenvalue weighted by atomic mass is 35.5. The molecule has 0 atom stereocenters. The average molecular weight is 505 g/mol. The number of hydrogen-bond donors (Lipinski definition) is 1. The van der Waals surface area contributed by atoms with Crippen LogP contribution in [0.3, 0.4) is 0 Å². The zero-order chi connectivity index (χ0) is 24.1. The summed E-state index contributed by atoms with van der Waals surface area (Å²) in [6.07, 6.45) is 2.44. The Kier molecular flexibility index (Phi) is 7.60. The molecule has 0 bridgehead atoms. The Morgan fingerprint density at radius 2 is 1.68 bits per heavy atom. The van der Waals surface area contributed by atoms with E-state index in [4.69, 9.17) is 16.3 Å². The standard InChI is InChI=1S/C25H26ClFN2O4S/c26-24-17-20(27)5-12-25(24)34(31,32)29(18-19-3-8-22(30)9-4-19)21-6-10-23(11-7-21)33-16-15-28-13-1-2-14-28/h3-12,17,30H,1-2,13-16,18H2. The molecular weight excluding hydrogens is 479 g/mol. The van der Waals surface area contributed by atoms with Gasteiger partial charge >= 0.3 is 0 Å². The number of likely N-dealkylation sites (tertiary alicyclic amines) is 1. The fourth-order valence-corrected chi connectivity index (χ4v) is 5.85. The number of benzene rings is 3. The average Bonchev–Trinajstić information content (AvgIpc) is 3.32. The van der Waals surface area contributed by atoms with E-state index < -0.39 is 15.8 Å². The van der Waals surface area contributed by atoms with Crippen molar-refractivity contribution >= 4 is 27.3 Å². The highest BCUT2D eigenvalue weighted by Crippen LogP contribution is 2.31. The Balaban J connectivity index is 1.58. The van der Waals surface area contributed by atoms with E-state index in [9.17, 15) is 17.9 Å². The summed E-state index contributed by atoms with van der Waals surface area (Å²) in [5, 5.41) is 9.38. The maximum atomic E-state index is 13.6. The van der Waals surface area contributed by atoms with Crippen LogP contribution in [0.1, 0.15) is 18.4 Å². The maximum Gasteiger partial charge on any atom is 0.266 e. The molecule has 3 aromatic carbocycles. The highest BCUT2D eigenvalue weighted by Gasteiger charge is 2.28. The van der Waals surface area contributed by atoms with Gasteiger partial charge in [-0.25, -0.2) is 12.8 Å². The van der Waals surface area contributed by atoms with Crippen molar-refractivity contribution in [3.8, 4) is 11.5 Å². The number of rotatable bonds is 9. The highest BCUT2D eigenvalue weighted by molar-refractivity contribution is 7.93. The number of ether oxygens (including phenoxy) is 1. The smallest absolute Gasteiger partial charge is 0.266 e. The maximum absolute atomic E-state index is 13.6. The van der Waals surface area contributed by atoms with Crippen LogP contribution in [0, 0.1) is 5.82 Å². The second-order valence-electron chi connectivity index (χ2n) is 8.14. The van der Waals surface area contributed by atoms with Crippen molar-refractivity contribution < 1.29 is 22.7 Å². The van der Waals surface area contributed by atoms with Crippen molar-refractivity contribution in [3.63, 3.8) is 0 Å². The molecule has 34 heavy (non-hydrogen) atoms. The Hall–Kier alpha value is -2.81. The minimum absolute atomic E-state index is 0.00845. The summed E-state index contributed by atoms with van der Waals surface area (Å²) >= 11 is 6.10. The van der Waals surface area contributed by atoms with Gasteiger partial charge in [-0.3, -0.25) is 9.21 Å². The first-order valence-corrected chi connectivity index (χ1v) is 12.9. The molecule has 0 radical (unpaired) electrons. The number of anilines is 1. The SMILES string of the molecule is O=S(=O)(c1ccc(F)cc1Cl)N(Cc1ccc(O)cc1)c1ccc(OCCN2CCCC2)cc1. The van der Waals surface area contributed by atoms with Gasteiger partial charge in [0.05, 0.1) is 17.3 Å². The van der Waals surface area contributed by atoms with Gasteiger partial charge in [-0.15, -0.1) is 0 Å². The summed E-state index contributed by atoms with van der Waals surface area (Å²) in [6.45, 7) is 3.59. The van der Waals surface area contributed by atoms with Crippen molar-refractivity contribution in [1.82, 2.24) is 4.90 Å². The van der Waals surface area contributed by atoms with E-state index in [1.807, 2.05) is 0 Å². The van der Waals surface area contributed by atoms with Crippen LogP contribution in [-0.4, -0.2) is 44.7 Å². The first kappa shape index (κ1) is 24.3. The zero-order valence-corrected chi connectivity index (χ0v) is 20.1. The Morgan fingerprint density at radius 3 is 2.32 bits per heavy atom. The summed E-state index contributed by atoms with van der Waals surface area (Å²) < 4.78 is 47.7. The Bertz CT molecular complexity index is 1210. The molecule has 3 aromatic rings. The molecule has 4 rings (SSSR count). The summed E-state index contributed by atoms with van der Waals surface area (Å²) in [5.41, 5.74) is 1.06. The van der Waals surface area contributed by atoms with Gasteiger partial charge in [0, 0.05) is 6.54 Å². The van der Waals surface area contributed by atoms with Crippen LogP contribution < -0.4 is 9.04 Å². The lowest BCUT2D eigenvalue weighted by molar-refractivity contribution is 0.238. The molecule has 1 N–H and O–H groups in total. The molecule has 0 aliphatic carbocycles. The molecule has 1 aliphatic rings. The molecule has 0 amide bonds. The summed E-state index contributed by atoms with van der Waals surface area (Å²) in [5.74, 6) is 0.101. The van der Waals surface area contributed by atoms with Crippen LogP contribution in [0.5, 0.6) is 11.5 Å². The third-order valence-corrected chi connectivity index (χ3v) is 7.98. The van der Waals surface area contributed by atoms with Crippen LogP contribution in [0.25, 0.3) is 0 Å². The van der Waals surface area contributed by atoms with Gasteiger partial charge in [-0.1, -0.05) is 23.7 Å². The normalized spacial score (nSPS) is 14.3. The summed E-state index contributed by atoms with van der Waals surface area (Å²) in [6, 6.07) is 16.2. The fraction of sp³-hybridized carbons (Fsp3) is 0.280. The van der Waals surface area contributed by atoms with E-state index in [0.29, 0.717) is 23.6 Å². The first-order chi connectivity index (χ1) is 16.3. The minimum atomic E-state index is -4.13. The molecule has 6 nitrogen and oxygen atoms in total. The lowest BCUT2D eigenvalue weighted by Gasteiger charge is -2.25. The molecule has 1 fully saturated rings. The van der Waals surface area contributed by atoms with Crippen molar-refractivity contribution in [2.24, 2.45) is 0 Å². The van der Waals surface area contributed by atoms with E-state index in [-0.39, 0.29) is 22.2 Å². The second kappa shape index (κ2) is 10.6. The van der Waals surface area contributed by atoms with E-state index in [1.54, 1.807) is 36.4 Å². The first-order valence-electron chi connectivity index (χ1n) is 11.0. The predicted molar refractivity (Wildman–Crippen MR) is 130 cm³/mol.